The number of carbonyl (C=O) groups is 1. The van der Waals surface area contributed by atoms with Crippen LogP contribution in [-0.2, 0) is 0 Å². The van der Waals surface area contributed by atoms with Crippen molar-refractivity contribution in [2.24, 2.45) is 5.41 Å². The van der Waals surface area contributed by atoms with Gasteiger partial charge in [0.1, 0.15) is 11.6 Å². The lowest BCUT2D eigenvalue weighted by atomic mass is 9.93. The Balaban J connectivity index is 1.59. The van der Waals surface area contributed by atoms with Crippen LogP contribution in [0.1, 0.15) is 55.2 Å². The third-order valence-electron chi connectivity index (χ3n) is 5.88. The zero-order valence-electron chi connectivity index (χ0n) is 16.7. The van der Waals surface area contributed by atoms with E-state index >= 15 is 0 Å². The first-order chi connectivity index (χ1) is 13.9. The predicted octanol–water partition coefficient (Wildman–Crippen LogP) is 4.58. The van der Waals surface area contributed by atoms with E-state index < -0.39 is 0 Å². The highest BCUT2D eigenvalue weighted by Gasteiger charge is 2.33. The number of carbonyl (C=O) groups excluding carboxylic acids is 1. The molecule has 2 aromatic heterocycles. The molecule has 29 heavy (non-hydrogen) atoms. The number of hydrogen-bond donors (Lipinski definition) is 0. The average molecular weight is 390 g/mol. The summed E-state index contributed by atoms with van der Waals surface area (Å²) < 4.78 is 14.0. The van der Waals surface area contributed by atoms with Crippen molar-refractivity contribution in [2.45, 2.75) is 39.0 Å². The zero-order chi connectivity index (χ0) is 20.2. The molecule has 3 aromatic rings. The summed E-state index contributed by atoms with van der Waals surface area (Å²) in [6.45, 7) is 5.72. The summed E-state index contributed by atoms with van der Waals surface area (Å²) in [5.41, 5.74) is 2.56. The molecule has 1 saturated carbocycles. The van der Waals surface area contributed by atoms with E-state index in [-0.39, 0.29) is 17.1 Å². The minimum absolute atomic E-state index is 0.0784. The van der Waals surface area contributed by atoms with Crippen LogP contribution in [0.25, 0.3) is 22.2 Å². The summed E-state index contributed by atoms with van der Waals surface area (Å²) in [5.74, 6) is 0.893. The molecular formula is C23H23FN4O. The SMILES string of the molecule is CC1(C)CCN(C(=O)c2cc(-c3cnc(C4CC4)nc3)nc3ccc(F)cc23)C1. The smallest absolute Gasteiger partial charge is 0.254 e. The lowest BCUT2D eigenvalue weighted by Gasteiger charge is -2.21. The Morgan fingerprint density at radius 3 is 2.59 bits per heavy atom. The fourth-order valence-corrected chi connectivity index (χ4v) is 4.00. The molecule has 5 rings (SSSR count). The fourth-order valence-electron chi connectivity index (χ4n) is 4.00. The molecule has 1 aliphatic carbocycles. The largest absolute Gasteiger partial charge is 0.338 e. The molecule has 1 saturated heterocycles. The molecule has 1 aromatic carbocycles. The second-order valence-corrected chi connectivity index (χ2v) is 8.96. The summed E-state index contributed by atoms with van der Waals surface area (Å²) in [4.78, 5) is 28.8. The molecule has 1 amide bonds. The van der Waals surface area contributed by atoms with Gasteiger partial charge in [-0.15, -0.1) is 0 Å². The van der Waals surface area contributed by atoms with Crippen LogP contribution in [-0.4, -0.2) is 38.8 Å². The van der Waals surface area contributed by atoms with Crippen LogP contribution < -0.4 is 0 Å². The highest BCUT2D eigenvalue weighted by atomic mass is 19.1. The van der Waals surface area contributed by atoms with Gasteiger partial charge in [0.2, 0.25) is 0 Å². The van der Waals surface area contributed by atoms with Crippen LogP contribution in [0.2, 0.25) is 0 Å². The summed E-state index contributed by atoms with van der Waals surface area (Å²) >= 11 is 0. The lowest BCUT2D eigenvalue weighted by molar-refractivity contribution is 0.0780. The molecule has 2 aliphatic rings. The van der Waals surface area contributed by atoms with Crippen LogP contribution in [0.15, 0.2) is 36.7 Å². The van der Waals surface area contributed by atoms with E-state index in [1.807, 2.05) is 4.90 Å². The zero-order valence-corrected chi connectivity index (χ0v) is 16.7. The molecule has 0 N–H and O–H groups in total. The topological polar surface area (TPSA) is 59.0 Å². The van der Waals surface area contributed by atoms with Crippen LogP contribution in [0, 0.1) is 11.2 Å². The molecule has 0 spiro atoms. The van der Waals surface area contributed by atoms with E-state index in [2.05, 4.69) is 28.8 Å². The van der Waals surface area contributed by atoms with Gasteiger partial charge in [0, 0.05) is 42.4 Å². The van der Waals surface area contributed by atoms with E-state index in [1.54, 1.807) is 24.5 Å². The predicted molar refractivity (Wildman–Crippen MR) is 109 cm³/mol. The second-order valence-electron chi connectivity index (χ2n) is 8.96. The molecule has 0 atom stereocenters. The Morgan fingerprint density at radius 2 is 1.93 bits per heavy atom. The average Bonchev–Trinajstić information content (AvgIpc) is 3.49. The molecule has 2 fully saturated rings. The maximum Gasteiger partial charge on any atom is 0.254 e. The second kappa shape index (κ2) is 6.58. The monoisotopic (exact) mass is 390 g/mol. The highest BCUT2D eigenvalue weighted by Crippen LogP contribution is 2.38. The van der Waals surface area contributed by atoms with Gasteiger partial charge in [-0.1, -0.05) is 13.8 Å². The number of benzene rings is 1. The number of nitrogens with zero attached hydrogens (tertiary/aromatic N) is 4. The highest BCUT2D eigenvalue weighted by molar-refractivity contribution is 6.07. The maximum absolute atomic E-state index is 14.0. The third-order valence-corrected chi connectivity index (χ3v) is 5.88. The van der Waals surface area contributed by atoms with E-state index in [0.29, 0.717) is 41.2 Å². The Morgan fingerprint density at radius 1 is 1.17 bits per heavy atom. The summed E-state index contributed by atoms with van der Waals surface area (Å²) in [6.07, 6.45) is 6.78. The third kappa shape index (κ3) is 3.48. The summed E-state index contributed by atoms with van der Waals surface area (Å²) in [7, 11) is 0. The van der Waals surface area contributed by atoms with E-state index in [4.69, 9.17) is 0 Å². The lowest BCUT2D eigenvalue weighted by Crippen LogP contribution is -2.30. The van der Waals surface area contributed by atoms with E-state index in [0.717, 1.165) is 30.7 Å². The number of rotatable bonds is 3. The molecule has 0 unspecified atom stereocenters. The van der Waals surface area contributed by atoms with Crippen molar-refractivity contribution in [3.63, 3.8) is 0 Å². The van der Waals surface area contributed by atoms with Gasteiger partial charge in [0.15, 0.2) is 0 Å². The van der Waals surface area contributed by atoms with Gasteiger partial charge in [-0.25, -0.2) is 19.3 Å². The molecule has 0 radical (unpaired) electrons. The fraction of sp³-hybridized carbons (Fsp3) is 0.391. The molecule has 6 heteroatoms. The molecule has 148 valence electrons. The van der Waals surface area contributed by atoms with Crippen molar-refractivity contribution in [1.82, 2.24) is 19.9 Å². The van der Waals surface area contributed by atoms with Crippen molar-refractivity contribution < 1.29 is 9.18 Å². The van der Waals surface area contributed by atoms with Crippen molar-refractivity contribution in [3.8, 4) is 11.3 Å². The molecular weight excluding hydrogens is 367 g/mol. The first kappa shape index (κ1) is 18.2. The number of hydrogen-bond acceptors (Lipinski definition) is 4. The van der Waals surface area contributed by atoms with Gasteiger partial charge in [-0.3, -0.25) is 4.79 Å². The standard InChI is InChI=1S/C23H23FN4O/c1-23(2)7-8-28(13-23)22(29)18-10-20(27-19-6-5-16(24)9-17(18)19)15-11-25-21(26-12-15)14-3-4-14/h5-6,9-12,14H,3-4,7-8,13H2,1-2H3. The molecule has 1 aliphatic heterocycles. The minimum Gasteiger partial charge on any atom is -0.338 e. The molecule has 5 nitrogen and oxygen atoms in total. The van der Waals surface area contributed by atoms with Crippen LogP contribution in [0.5, 0.6) is 0 Å². The van der Waals surface area contributed by atoms with Crippen molar-refractivity contribution in [3.05, 3.63) is 53.9 Å². The van der Waals surface area contributed by atoms with Gasteiger partial charge in [0.05, 0.1) is 16.8 Å². The quantitative estimate of drug-likeness (QED) is 0.657. The summed E-state index contributed by atoms with van der Waals surface area (Å²) in [5, 5.41) is 0.541. The van der Waals surface area contributed by atoms with Crippen molar-refractivity contribution >= 4 is 16.8 Å². The van der Waals surface area contributed by atoms with Gasteiger partial charge in [0.25, 0.3) is 5.91 Å². The van der Waals surface area contributed by atoms with Gasteiger partial charge in [-0.05, 0) is 48.9 Å². The van der Waals surface area contributed by atoms with Gasteiger partial charge < -0.3 is 4.90 Å². The Hall–Kier alpha value is -2.89. The van der Waals surface area contributed by atoms with Crippen LogP contribution in [0.3, 0.4) is 0 Å². The number of likely N-dealkylation sites (tertiary alicyclic amines) is 1. The first-order valence-corrected chi connectivity index (χ1v) is 10.1. The Labute approximate surface area is 169 Å². The van der Waals surface area contributed by atoms with E-state index in [1.165, 1.54) is 12.1 Å². The number of amides is 1. The van der Waals surface area contributed by atoms with Crippen molar-refractivity contribution in [2.75, 3.05) is 13.1 Å². The minimum atomic E-state index is -0.375. The van der Waals surface area contributed by atoms with Crippen LogP contribution in [0.4, 0.5) is 4.39 Å². The van der Waals surface area contributed by atoms with Gasteiger partial charge in [-0.2, -0.15) is 0 Å². The van der Waals surface area contributed by atoms with Crippen molar-refractivity contribution in [1.29, 1.82) is 0 Å². The maximum atomic E-state index is 14.0. The number of halogens is 1. The first-order valence-electron chi connectivity index (χ1n) is 10.1. The van der Waals surface area contributed by atoms with Gasteiger partial charge >= 0.3 is 0 Å². The Kier molecular flexibility index (Phi) is 4.12. The summed E-state index contributed by atoms with van der Waals surface area (Å²) in [6, 6.07) is 6.15. The Bertz CT molecular complexity index is 1110. The number of fused-ring (bicyclic) bond motifs is 1. The molecule has 3 heterocycles. The number of aromatic nitrogens is 3. The molecule has 0 bridgehead atoms. The van der Waals surface area contributed by atoms with Crippen LogP contribution >= 0.6 is 0 Å². The number of pyridine rings is 1. The normalized spacial score (nSPS) is 18.4. The van der Waals surface area contributed by atoms with E-state index in [9.17, 15) is 9.18 Å².